The molecular weight excluding hydrogens is 383 g/mol. The number of nitrogens with one attached hydrogen (secondary N) is 1. The highest BCUT2D eigenvalue weighted by Gasteiger charge is 2.34. The second-order valence-electron chi connectivity index (χ2n) is 6.42. The van der Waals surface area contributed by atoms with Crippen molar-refractivity contribution < 1.29 is 26.7 Å². The summed E-state index contributed by atoms with van der Waals surface area (Å²) in [6, 6.07) is 4.08. The number of amides is 2. The van der Waals surface area contributed by atoms with Gasteiger partial charge in [0.05, 0.1) is 5.56 Å². The summed E-state index contributed by atoms with van der Waals surface area (Å²) in [4.78, 5) is 19.6. The summed E-state index contributed by atoms with van der Waals surface area (Å²) in [5.74, 6) is -1.74. The second kappa shape index (κ2) is 7.61. The number of carbonyl (C=O) groups excluding carboxylic acids is 1. The summed E-state index contributed by atoms with van der Waals surface area (Å²) in [5.41, 5.74) is -1.48. The molecule has 3 rings (SSSR count). The molecule has 0 radical (unpaired) electrons. The number of benzene rings is 1. The van der Waals surface area contributed by atoms with E-state index in [1.54, 1.807) is 11.8 Å². The molecule has 28 heavy (non-hydrogen) atoms. The van der Waals surface area contributed by atoms with Crippen LogP contribution in [0, 0.1) is 11.6 Å². The van der Waals surface area contributed by atoms with Gasteiger partial charge in [-0.25, -0.2) is 18.6 Å². The molecule has 0 bridgehead atoms. The average molecular weight is 400 g/mol. The summed E-state index contributed by atoms with van der Waals surface area (Å²) in [7, 11) is 0. The molecule has 0 aliphatic carbocycles. The number of anilines is 2. The van der Waals surface area contributed by atoms with Gasteiger partial charge >= 0.3 is 12.2 Å². The number of hydrogen-bond acceptors (Lipinski definition) is 3. The van der Waals surface area contributed by atoms with Crippen molar-refractivity contribution in [1.82, 2.24) is 9.88 Å². The van der Waals surface area contributed by atoms with Crippen LogP contribution in [-0.4, -0.2) is 41.6 Å². The van der Waals surface area contributed by atoms with Gasteiger partial charge in [0.2, 0.25) is 0 Å². The average Bonchev–Trinajstić information content (AvgIpc) is 2.60. The molecule has 5 nitrogen and oxygen atoms in total. The molecule has 10 heteroatoms. The largest absolute Gasteiger partial charge is 0.419 e. The van der Waals surface area contributed by atoms with Crippen molar-refractivity contribution in [3.8, 4) is 0 Å². The number of nitrogens with zero attached hydrogens (tertiary/aromatic N) is 3. The van der Waals surface area contributed by atoms with Gasteiger partial charge in [-0.3, -0.25) is 0 Å². The van der Waals surface area contributed by atoms with Crippen LogP contribution < -0.4 is 10.2 Å². The molecule has 1 N–H and O–H groups in total. The number of urea groups is 1. The molecule has 0 saturated carbocycles. The highest BCUT2D eigenvalue weighted by Crippen LogP contribution is 2.32. The fraction of sp³-hybridized carbons (Fsp3) is 0.333. The summed E-state index contributed by atoms with van der Waals surface area (Å²) >= 11 is 0. The van der Waals surface area contributed by atoms with E-state index in [2.05, 4.69) is 10.3 Å². The van der Waals surface area contributed by atoms with Crippen LogP contribution in [0.3, 0.4) is 0 Å². The van der Waals surface area contributed by atoms with Gasteiger partial charge in [-0.2, -0.15) is 13.2 Å². The summed E-state index contributed by atoms with van der Waals surface area (Å²) in [6.45, 7) is 2.64. The number of carbonyl (C=O) groups is 1. The Kier molecular flexibility index (Phi) is 5.39. The number of alkyl halides is 3. The van der Waals surface area contributed by atoms with E-state index < -0.39 is 29.4 Å². The first-order valence-corrected chi connectivity index (χ1v) is 8.46. The minimum atomic E-state index is -4.81. The van der Waals surface area contributed by atoms with Crippen LogP contribution in [0.15, 0.2) is 36.5 Å². The van der Waals surface area contributed by atoms with Gasteiger partial charge in [0.1, 0.15) is 5.82 Å². The summed E-state index contributed by atoms with van der Waals surface area (Å²) in [5, 5.41) is 2.40. The predicted octanol–water partition coefficient (Wildman–Crippen LogP) is 4.12. The fourth-order valence-electron chi connectivity index (χ4n) is 3.08. The van der Waals surface area contributed by atoms with Crippen molar-refractivity contribution in [1.29, 1.82) is 0 Å². The molecule has 1 aliphatic rings. The number of rotatable bonds is 2. The van der Waals surface area contributed by atoms with Crippen LogP contribution >= 0.6 is 0 Å². The van der Waals surface area contributed by atoms with E-state index in [9.17, 15) is 26.7 Å². The minimum Gasteiger partial charge on any atom is -0.350 e. The zero-order valence-corrected chi connectivity index (χ0v) is 14.8. The van der Waals surface area contributed by atoms with E-state index in [-0.39, 0.29) is 24.1 Å². The van der Waals surface area contributed by atoms with Gasteiger partial charge in [0, 0.05) is 37.6 Å². The smallest absolute Gasteiger partial charge is 0.350 e. The molecule has 150 valence electrons. The van der Waals surface area contributed by atoms with E-state index in [4.69, 9.17) is 0 Å². The molecular formula is C18H17F5N4O. The zero-order valence-electron chi connectivity index (χ0n) is 14.8. The molecule has 1 saturated heterocycles. The molecule has 2 aromatic rings. The van der Waals surface area contributed by atoms with Gasteiger partial charge in [-0.15, -0.1) is 0 Å². The maximum atomic E-state index is 13.9. The highest BCUT2D eigenvalue weighted by molar-refractivity contribution is 5.89. The van der Waals surface area contributed by atoms with Gasteiger partial charge in [0.15, 0.2) is 11.6 Å². The standard InChI is InChI=1S/C18H17F5N4O/c1-11-10-26(16-14(19)3-2-6-24-16)7-8-27(11)17(28)25-12-4-5-13(15(20)9-12)18(21,22)23/h2-6,9,11H,7-8,10H2,1H3,(H,25,28). The molecule has 1 aliphatic heterocycles. The van der Waals surface area contributed by atoms with Crippen LogP contribution in [0.25, 0.3) is 0 Å². The molecule has 1 unspecified atom stereocenters. The van der Waals surface area contributed by atoms with Crippen molar-refractivity contribution in [2.45, 2.75) is 19.1 Å². The Balaban J connectivity index is 1.66. The Bertz CT molecular complexity index is 873. The van der Waals surface area contributed by atoms with Gasteiger partial charge in [0.25, 0.3) is 0 Å². The molecule has 1 atom stereocenters. The molecule has 1 aromatic carbocycles. The molecule has 2 amide bonds. The first-order chi connectivity index (χ1) is 13.2. The van der Waals surface area contributed by atoms with Crippen molar-refractivity contribution in [2.24, 2.45) is 0 Å². The van der Waals surface area contributed by atoms with Crippen molar-refractivity contribution in [3.63, 3.8) is 0 Å². The number of piperazine rings is 1. The van der Waals surface area contributed by atoms with Gasteiger partial charge < -0.3 is 15.1 Å². The lowest BCUT2D eigenvalue weighted by Crippen LogP contribution is -2.55. The Morgan fingerprint density at radius 2 is 1.93 bits per heavy atom. The zero-order chi connectivity index (χ0) is 20.5. The molecule has 2 heterocycles. The third-order valence-electron chi connectivity index (χ3n) is 4.45. The first-order valence-electron chi connectivity index (χ1n) is 8.46. The third-order valence-corrected chi connectivity index (χ3v) is 4.45. The maximum absolute atomic E-state index is 13.9. The number of halogens is 5. The van der Waals surface area contributed by atoms with Crippen molar-refractivity contribution >= 4 is 17.5 Å². The van der Waals surface area contributed by atoms with Crippen LogP contribution in [0.2, 0.25) is 0 Å². The van der Waals surface area contributed by atoms with E-state index in [1.165, 1.54) is 23.2 Å². The van der Waals surface area contributed by atoms with E-state index in [1.807, 2.05) is 0 Å². The first kappa shape index (κ1) is 19.8. The number of aromatic nitrogens is 1. The van der Waals surface area contributed by atoms with E-state index in [0.29, 0.717) is 25.2 Å². The quantitative estimate of drug-likeness (QED) is 0.772. The van der Waals surface area contributed by atoms with Crippen LogP contribution in [0.4, 0.5) is 38.3 Å². The third kappa shape index (κ3) is 4.15. The lowest BCUT2D eigenvalue weighted by Gasteiger charge is -2.40. The lowest BCUT2D eigenvalue weighted by atomic mass is 10.1. The van der Waals surface area contributed by atoms with Crippen LogP contribution in [-0.2, 0) is 6.18 Å². The van der Waals surface area contributed by atoms with Crippen molar-refractivity contribution in [2.75, 3.05) is 29.9 Å². The molecule has 1 fully saturated rings. The van der Waals surface area contributed by atoms with Gasteiger partial charge in [-0.05, 0) is 37.3 Å². The van der Waals surface area contributed by atoms with Crippen LogP contribution in [0.5, 0.6) is 0 Å². The van der Waals surface area contributed by atoms with E-state index >= 15 is 0 Å². The van der Waals surface area contributed by atoms with Gasteiger partial charge in [-0.1, -0.05) is 0 Å². The Labute approximate surface area is 157 Å². The maximum Gasteiger partial charge on any atom is 0.419 e. The summed E-state index contributed by atoms with van der Waals surface area (Å²) < 4.78 is 65.4. The minimum absolute atomic E-state index is 0.0825. The SMILES string of the molecule is CC1CN(c2ncccc2F)CCN1C(=O)Nc1ccc(C(F)(F)F)c(F)c1. The number of pyridine rings is 1. The number of hydrogen-bond donors (Lipinski definition) is 1. The molecule has 1 aromatic heterocycles. The monoisotopic (exact) mass is 400 g/mol. The predicted molar refractivity (Wildman–Crippen MR) is 93.0 cm³/mol. The normalized spacial score (nSPS) is 17.6. The second-order valence-corrected chi connectivity index (χ2v) is 6.42. The van der Waals surface area contributed by atoms with E-state index in [0.717, 1.165) is 6.07 Å². The van der Waals surface area contributed by atoms with Crippen molar-refractivity contribution in [3.05, 3.63) is 53.7 Å². The highest BCUT2D eigenvalue weighted by atomic mass is 19.4. The molecule has 0 spiro atoms. The lowest BCUT2D eigenvalue weighted by molar-refractivity contribution is -0.139. The fourth-order valence-corrected chi connectivity index (χ4v) is 3.08. The Hall–Kier alpha value is -2.91. The Morgan fingerprint density at radius 1 is 1.18 bits per heavy atom. The Morgan fingerprint density at radius 3 is 2.54 bits per heavy atom. The summed E-state index contributed by atoms with van der Waals surface area (Å²) in [6.07, 6.45) is -3.33. The van der Waals surface area contributed by atoms with Crippen LogP contribution in [0.1, 0.15) is 12.5 Å². The topological polar surface area (TPSA) is 48.5 Å².